The van der Waals surface area contributed by atoms with E-state index in [1.54, 1.807) is 11.3 Å². The van der Waals surface area contributed by atoms with Crippen molar-refractivity contribution in [1.29, 1.82) is 0 Å². The molecular weight excluding hydrogens is 206 g/mol. The van der Waals surface area contributed by atoms with Crippen molar-refractivity contribution in [3.05, 3.63) is 22.4 Å². The maximum Gasteiger partial charge on any atom is 0.167 e. The highest BCUT2D eigenvalue weighted by Gasteiger charge is 2.57. The Bertz CT molecular complexity index is 365. The van der Waals surface area contributed by atoms with Crippen LogP contribution in [0.25, 0.3) is 0 Å². The van der Waals surface area contributed by atoms with E-state index in [4.69, 9.17) is 0 Å². The summed E-state index contributed by atoms with van der Waals surface area (Å²) in [5.74, 6) is 0.715. The fourth-order valence-electron chi connectivity index (χ4n) is 2.80. The zero-order valence-corrected chi connectivity index (χ0v) is 9.48. The van der Waals surface area contributed by atoms with E-state index >= 15 is 0 Å². The van der Waals surface area contributed by atoms with Crippen LogP contribution in [0.5, 0.6) is 0 Å². The molecule has 1 saturated heterocycles. The van der Waals surface area contributed by atoms with Crippen molar-refractivity contribution in [2.45, 2.75) is 19.3 Å². The summed E-state index contributed by atoms with van der Waals surface area (Å²) in [6.07, 6.45) is 3.50. The number of nitrogens with one attached hydrogen (secondary N) is 1. The number of carbonyl (C=O) groups is 1. The number of hydrogen-bond acceptors (Lipinski definition) is 3. The van der Waals surface area contributed by atoms with Crippen molar-refractivity contribution in [3.63, 3.8) is 0 Å². The Morgan fingerprint density at radius 1 is 1.47 bits per heavy atom. The number of piperidine rings is 1. The average Bonchev–Trinajstić information content (AvgIpc) is 2.76. The Morgan fingerprint density at radius 2 is 2.27 bits per heavy atom. The molecule has 2 heterocycles. The van der Waals surface area contributed by atoms with Crippen LogP contribution in [0.1, 0.15) is 29.6 Å². The molecule has 1 atom stereocenters. The van der Waals surface area contributed by atoms with Crippen LogP contribution in [0, 0.1) is 11.3 Å². The predicted octanol–water partition coefficient (Wildman–Crippen LogP) is 2.32. The maximum absolute atomic E-state index is 12.1. The van der Waals surface area contributed by atoms with Gasteiger partial charge in [0.05, 0.1) is 0 Å². The van der Waals surface area contributed by atoms with Crippen molar-refractivity contribution < 1.29 is 4.79 Å². The van der Waals surface area contributed by atoms with Crippen LogP contribution in [0.4, 0.5) is 0 Å². The number of thiophene rings is 1. The van der Waals surface area contributed by atoms with Gasteiger partial charge in [-0.1, -0.05) is 0 Å². The van der Waals surface area contributed by atoms with Gasteiger partial charge in [0.2, 0.25) is 0 Å². The number of hydrogen-bond donors (Lipinski definition) is 1. The summed E-state index contributed by atoms with van der Waals surface area (Å²) in [4.78, 5) is 12.1. The van der Waals surface area contributed by atoms with Gasteiger partial charge in [-0.3, -0.25) is 4.79 Å². The molecule has 0 radical (unpaired) electrons. The lowest BCUT2D eigenvalue weighted by molar-refractivity contribution is 0.0941. The molecule has 3 rings (SSSR count). The first-order chi connectivity index (χ1) is 7.32. The first-order valence-electron chi connectivity index (χ1n) is 5.59. The minimum Gasteiger partial charge on any atom is -0.317 e. The fraction of sp³-hybridized carbons (Fsp3) is 0.583. The third kappa shape index (κ3) is 1.54. The van der Waals surface area contributed by atoms with Gasteiger partial charge < -0.3 is 5.32 Å². The van der Waals surface area contributed by atoms with Gasteiger partial charge in [0.25, 0.3) is 0 Å². The predicted molar refractivity (Wildman–Crippen MR) is 61.3 cm³/mol. The van der Waals surface area contributed by atoms with Gasteiger partial charge in [-0.25, -0.2) is 0 Å². The molecule has 1 aliphatic carbocycles. The molecule has 3 heteroatoms. The third-order valence-corrected chi connectivity index (χ3v) is 4.59. The Morgan fingerprint density at radius 3 is 2.93 bits per heavy atom. The second-order valence-electron chi connectivity index (χ2n) is 4.75. The summed E-state index contributed by atoms with van der Waals surface area (Å²) in [5, 5.41) is 7.34. The number of carbonyl (C=O) groups excluding carboxylic acids is 1. The standard InChI is InChI=1S/C12H15NOS/c14-11(9-1-6-15-8-9)10-7-12(10)2-4-13-5-3-12/h1,6,8,10,13H,2-5,7H2. The highest BCUT2D eigenvalue weighted by atomic mass is 32.1. The van der Waals surface area contributed by atoms with Gasteiger partial charge in [-0.05, 0) is 49.2 Å². The van der Waals surface area contributed by atoms with E-state index in [2.05, 4.69) is 5.32 Å². The lowest BCUT2D eigenvalue weighted by Crippen LogP contribution is -2.30. The SMILES string of the molecule is O=C(c1ccsc1)C1CC12CCNCC2. The van der Waals surface area contributed by atoms with Gasteiger partial charge in [0.15, 0.2) is 5.78 Å². The van der Waals surface area contributed by atoms with E-state index in [0.717, 1.165) is 25.1 Å². The molecule has 1 N–H and O–H groups in total. The minimum atomic E-state index is 0.328. The van der Waals surface area contributed by atoms with Crippen LogP contribution in [0.15, 0.2) is 16.8 Å². The molecule has 1 aliphatic heterocycles. The zero-order chi connectivity index (χ0) is 10.3. The van der Waals surface area contributed by atoms with E-state index in [9.17, 15) is 4.79 Å². The van der Waals surface area contributed by atoms with E-state index in [0.29, 0.717) is 17.1 Å². The Balaban J connectivity index is 1.73. The first kappa shape index (κ1) is 9.55. The molecule has 2 fully saturated rings. The molecule has 1 aromatic heterocycles. The van der Waals surface area contributed by atoms with Crippen LogP contribution in [0.3, 0.4) is 0 Å². The van der Waals surface area contributed by atoms with Crippen LogP contribution < -0.4 is 5.32 Å². The molecule has 2 aliphatic rings. The lowest BCUT2D eigenvalue weighted by atomic mass is 9.90. The summed E-state index contributed by atoms with van der Waals surface area (Å²) >= 11 is 1.62. The quantitative estimate of drug-likeness (QED) is 0.777. The second kappa shape index (κ2) is 3.42. The van der Waals surface area contributed by atoms with Crippen molar-refractivity contribution in [2.24, 2.45) is 11.3 Å². The largest absolute Gasteiger partial charge is 0.317 e. The molecular formula is C12H15NOS. The van der Waals surface area contributed by atoms with Crippen LogP contribution in [-0.2, 0) is 0 Å². The van der Waals surface area contributed by atoms with Crippen molar-refractivity contribution >= 4 is 17.1 Å². The summed E-state index contributed by atoms with van der Waals surface area (Å²) in [5.41, 5.74) is 1.31. The molecule has 0 bridgehead atoms. The summed E-state index contributed by atoms with van der Waals surface area (Å²) in [6.45, 7) is 2.18. The maximum atomic E-state index is 12.1. The number of rotatable bonds is 2. The van der Waals surface area contributed by atoms with E-state index < -0.39 is 0 Å². The van der Waals surface area contributed by atoms with E-state index in [-0.39, 0.29) is 0 Å². The number of Topliss-reactive ketones (excluding diaryl/α,β-unsaturated/α-hetero) is 1. The Labute approximate surface area is 93.7 Å². The molecule has 0 aromatic carbocycles. The fourth-order valence-corrected chi connectivity index (χ4v) is 3.45. The molecule has 1 spiro atoms. The van der Waals surface area contributed by atoms with Gasteiger partial charge >= 0.3 is 0 Å². The lowest BCUT2D eigenvalue weighted by Gasteiger charge is -2.22. The van der Waals surface area contributed by atoms with Crippen molar-refractivity contribution in [2.75, 3.05) is 13.1 Å². The molecule has 2 nitrogen and oxygen atoms in total. The molecule has 80 valence electrons. The first-order valence-corrected chi connectivity index (χ1v) is 6.53. The summed E-state index contributed by atoms with van der Waals surface area (Å²) in [7, 11) is 0. The van der Waals surface area contributed by atoms with E-state index in [1.807, 2.05) is 16.8 Å². The highest BCUT2D eigenvalue weighted by molar-refractivity contribution is 7.08. The van der Waals surface area contributed by atoms with Gasteiger partial charge in [0.1, 0.15) is 0 Å². The van der Waals surface area contributed by atoms with Crippen LogP contribution >= 0.6 is 11.3 Å². The van der Waals surface area contributed by atoms with Gasteiger partial charge in [-0.15, -0.1) is 0 Å². The number of ketones is 1. The highest BCUT2D eigenvalue weighted by Crippen LogP contribution is 2.59. The van der Waals surface area contributed by atoms with E-state index in [1.165, 1.54) is 12.8 Å². The molecule has 1 saturated carbocycles. The van der Waals surface area contributed by atoms with Crippen molar-refractivity contribution in [3.8, 4) is 0 Å². The van der Waals surface area contributed by atoms with Gasteiger partial charge in [0, 0.05) is 16.9 Å². The molecule has 1 unspecified atom stereocenters. The summed E-state index contributed by atoms with van der Waals surface area (Å²) < 4.78 is 0. The Kier molecular flexibility index (Phi) is 2.18. The van der Waals surface area contributed by atoms with Crippen LogP contribution in [0.2, 0.25) is 0 Å². The monoisotopic (exact) mass is 221 g/mol. The topological polar surface area (TPSA) is 29.1 Å². The molecule has 0 amide bonds. The average molecular weight is 221 g/mol. The normalized spacial score (nSPS) is 27.9. The minimum absolute atomic E-state index is 0.328. The molecule has 15 heavy (non-hydrogen) atoms. The Hall–Kier alpha value is -0.670. The smallest absolute Gasteiger partial charge is 0.167 e. The van der Waals surface area contributed by atoms with Crippen molar-refractivity contribution in [1.82, 2.24) is 5.32 Å². The molecule has 1 aromatic rings. The summed E-state index contributed by atoms with van der Waals surface area (Å²) in [6, 6.07) is 1.96. The zero-order valence-electron chi connectivity index (χ0n) is 8.66. The van der Waals surface area contributed by atoms with Gasteiger partial charge in [-0.2, -0.15) is 11.3 Å². The third-order valence-electron chi connectivity index (χ3n) is 3.91. The second-order valence-corrected chi connectivity index (χ2v) is 5.53. The van der Waals surface area contributed by atoms with Crippen LogP contribution in [-0.4, -0.2) is 18.9 Å².